The van der Waals surface area contributed by atoms with Crippen molar-refractivity contribution in [2.24, 2.45) is 0 Å². The Morgan fingerprint density at radius 3 is 2.17 bits per heavy atom. The van der Waals surface area contributed by atoms with E-state index in [2.05, 4.69) is 6.92 Å². The van der Waals surface area contributed by atoms with Gasteiger partial charge in [0.1, 0.15) is 0 Å². The van der Waals surface area contributed by atoms with Gasteiger partial charge in [-0.3, -0.25) is 0 Å². The lowest BCUT2D eigenvalue weighted by Crippen LogP contribution is -3.11. The van der Waals surface area contributed by atoms with Crippen molar-refractivity contribution in [3.63, 3.8) is 0 Å². The molecule has 0 saturated carbocycles. The Balaban J connectivity index is 2.04. The van der Waals surface area contributed by atoms with Crippen molar-refractivity contribution < 1.29 is 4.90 Å². The predicted octanol–water partition coefficient (Wildman–Crippen LogP) is 1.64. The third-order valence-electron chi connectivity index (χ3n) is 2.94. The molecule has 0 aromatic carbocycles. The third kappa shape index (κ3) is 4.10. The van der Waals surface area contributed by atoms with E-state index in [0.717, 1.165) is 0 Å². The zero-order valence-corrected chi connectivity index (χ0v) is 8.57. The average molecular weight is 170 g/mol. The fourth-order valence-corrected chi connectivity index (χ4v) is 2.10. The summed E-state index contributed by atoms with van der Waals surface area (Å²) in [6, 6.07) is 0. The molecule has 0 unspecified atom stereocenters. The number of hydrogen-bond donors (Lipinski definition) is 1. The first-order chi connectivity index (χ1) is 5.93. The van der Waals surface area contributed by atoms with E-state index in [1.165, 1.54) is 64.6 Å². The highest BCUT2D eigenvalue weighted by Crippen LogP contribution is 1.99. The van der Waals surface area contributed by atoms with Crippen LogP contribution in [0.25, 0.3) is 0 Å². The number of quaternary nitrogens is 1. The molecule has 0 atom stereocenters. The topological polar surface area (TPSA) is 4.44 Å². The second-order valence-electron chi connectivity index (χ2n) is 4.12. The minimum Gasteiger partial charge on any atom is -0.335 e. The second-order valence-corrected chi connectivity index (χ2v) is 4.12. The van der Waals surface area contributed by atoms with Crippen LogP contribution in [0.5, 0.6) is 0 Å². The molecule has 12 heavy (non-hydrogen) atoms. The largest absolute Gasteiger partial charge is 0.335 e. The van der Waals surface area contributed by atoms with Gasteiger partial charge in [0.15, 0.2) is 0 Å². The summed E-state index contributed by atoms with van der Waals surface area (Å²) in [7, 11) is 0. The molecule has 0 aromatic heterocycles. The van der Waals surface area contributed by atoms with Crippen molar-refractivity contribution >= 4 is 0 Å². The molecule has 0 aromatic rings. The van der Waals surface area contributed by atoms with Crippen LogP contribution < -0.4 is 4.90 Å². The third-order valence-corrected chi connectivity index (χ3v) is 2.94. The molecule has 1 nitrogen and oxygen atoms in total. The molecule has 0 amide bonds. The molecule has 0 aliphatic carbocycles. The monoisotopic (exact) mass is 170 g/mol. The van der Waals surface area contributed by atoms with Gasteiger partial charge in [-0.25, -0.2) is 0 Å². The molecular formula is C11H24N+. The van der Waals surface area contributed by atoms with Gasteiger partial charge < -0.3 is 4.90 Å². The highest BCUT2D eigenvalue weighted by Gasteiger charge is 2.10. The molecule has 1 heterocycles. The van der Waals surface area contributed by atoms with Crippen LogP contribution in [0.2, 0.25) is 0 Å². The van der Waals surface area contributed by atoms with Gasteiger partial charge in [0.2, 0.25) is 0 Å². The zero-order chi connectivity index (χ0) is 8.65. The lowest BCUT2D eigenvalue weighted by molar-refractivity contribution is -0.899. The molecule has 1 fully saturated rings. The van der Waals surface area contributed by atoms with Gasteiger partial charge >= 0.3 is 0 Å². The number of nitrogens with one attached hydrogen (secondary N) is 1. The smallest absolute Gasteiger partial charge is 0.0770 e. The van der Waals surface area contributed by atoms with Crippen LogP contribution in [0.15, 0.2) is 0 Å². The van der Waals surface area contributed by atoms with E-state index < -0.39 is 0 Å². The normalized spacial score (nSPS) is 20.8. The van der Waals surface area contributed by atoms with E-state index in [-0.39, 0.29) is 0 Å². The van der Waals surface area contributed by atoms with Crippen molar-refractivity contribution in [1.82, 2.24) is 0 Å². The molecule has 1 rings (SSSR count). The number of likely N-dealkylation sites (tertiary alicyclic amines) is 1. The van der Waals surface area contributed by atoms with Crippen molar-refractivity contribution in [2.45, 2.75) is 51.9 Å². The van der Waals surface area contributed by atoms with Gasteiger partial charge in [-0.1, -0.05) is 13.3 Å². The number of hydrogen-bond acceptors (Lipinski definition) is 0. The molecule has 0 spiro atoms. The van der Waals surface area contributed by atoms with E-state index in [0.29, 0.717) is 0 Å². The molecule has 1 aliphatic rings. The Kier molecular flexibility index (Phi) is 5.42. The van der Waals surface area contributed by atoms with Gasteiger partial charge in [-0.05, 0) is 38.5 Å². The molecule has 0 radical (unpaired) electrons. The SMILES string of the molecule is CCCCC[NH+]1CCCCCC1. The minimum atomic E-state index is 1.37. The van der Waals surface area contributed by atoms with E-state index in [9.17, 15) is 0 Å². The maximum Gasteiger partial charge on any atom is 0.0770 e. The highest BCUT2D eigenvalue weighted by atomic mass is 15.1. The van der Waals surface area contributed by atoms with Crippen molar-refractivity contribution in [1.29, 1.82) is 0 Å². The lowest BCUT2D eigenvalue weighted by atomic mass is 10.2. The van der Waals surface area contributed by atoms with Crippen LogP contribution in [0, 0.1) is 0 Å². The Morgan fingerprint density at radius 2 is 1.58 bits per heavy atom. The van der Waals surface area contributed by atoms with Gasteiger partial charge in [0.05, 0.1) is 19.6 Å². The van der Waals surface area contributed by atoms with Gasteiger partial charge in [-0.15, -0.1) is 0 Å². The fourth-order valence-electron chi connectivity index (χ4n) is 2.10. The van der Waals surface area contributed by atoms with E-state index >= 15 is 0 Å². The summed E-state index contributed by atoms with van der Waals surface area (Å²) >= 11 is 0. The Bertz CT molecular complexity index is 93.2. The van der Waals surface area contributed by atoms with Crippen LogP contribution in [0.3, 0.4) is 0 Å². The summed E-state index contributed by atoms with van der Waals surface area (Å²) in [6.07, 6.45) is 10.2. The lowest BCUT2D eigenvalue weighted by Gasteiger charge is -2.16. The second kappa shape index (κ2) is 6.47. The summed E-state index contributed by atoms with van der Waals surface area (Å²) < 4.78 is 0. The molecule has 1 N–H and O–H groups in total. The van der Waals surface area contributed by atoms with Gasteiger partial charge in [0, 0.05) is 0 Å². The van der Waals surface area contributed by atoms with Crippen LogP contribution in [0.4, 0.5) is 0 Å². The van der Waals surface area contributed by atoms with Crippen molar-refractivity contribution in [3.8, 4) is 0 Å². The first-order valence-electron chi connectivity index (χ1n) is 5.77. The minimum absolute atomic E-state index is 1.37. The summed E-state index contributed by atoms with van der Waals surface area (Å²) in [6.45, 7) is 6.62. The van der Waals surface area contributed by atoms with E-state index in [1.54, 1.807) is 0 Å². The molecule has 1 aliphatic heterocycles. The Morgan fingerprint density at radius 1 is 0.917 bits per heavy atom. The molecule has 1 heteroatoms. The number of rotatable bonds is 4. The maximum atomic E-state index is 2.29. The van der Waals surface area contributed by atoms with E-state index in [4.69, 9.17) is 0 Å². The highest BCUT2D eigenvalue weighted by molar-refractivity contribution is 4.47. The molecule has 1 saturated heterocycles. The van der Waals surface area contributed by atoms with Crippen molar-refractivity contribution in [2.75, 3.05) is 19.6 Å². The van der Waals surface area contributed by atoms with Gasteiger partial charge in [-0.2, -0.15) is 0 Å². The summed E-state index contributed by atoms with van der Waals surface area (Å²) in [4.78, 5) is 1.88. The Hall–Kier alpha value is -0.0400. The zero-order valence-electron chi connectivity index (χ0n) is 8.57. The van der Waals surface area contributed by atoms with Crippen LogP contribution in [-0.2, 0) is 0 Å². The first kappa shape index (κ1) is 10.0. The van der Waals surface area contributed by atoms with Crippen LogP contribution >= 0.6 is 0 Å². The summed E-state index contributed by atoms with van der Waals surface area (Å²) in [5.41, 5.74) is 0. The van der Waals surface area contributed by atoms with E-state index in [1.807, 2.05) is 4.90 Å². The molecular weight excluding hydrogens is 146 g/mol. The van der Waals surface area contributed by atoms with Crippen LogP contribution in [0.1, 0.15) is 51.9 Å². The van der Waals surface area contributed by atoms with Crippen LogP contribution in [-0.4, -0.2) is 19.6 Å². The first-order valence-corrected chi connectivity index (χ1v) is 5.77. The molecule has 0 bridgehead atoms. The average Bonchev–Trinajstić information content (AvgIpc) is 2.33. The Labute approximate surface area is 77.1 Å². The fraction of sp³-hybridized carbons (Fsp3) is 1.00. The summed E-state index contributed by atoms with van der Waals surface area (Å²) in [5, 5.41) is 0. The quantitative estimate of drug-likeness (QED) is 0.612. The summed E-state index contributed by atoms with van der Waals surface area (Å²) in [5.74, 6) is 0. The predicted molar refractivity (Wildman–Crippen MR) is 53.6 cm³/mol. The van der Waals surface area contributed by atoms with Gasteiger partial charge in [0.25, 0.3) is 0 Å². The molecule has 72 valence electrons. The van der Waals surface area contributed by atoms with Crippen molar-refractivity contribution in [3.05, 3.63) is 0 Å². The maximum absolute atomic E-state index is 2.29. The standard InChI is InChI=1S/C11H23N/c1-2-3-6-9-12-10-7-4-5-8-11-12/h2-11H2,1H3/p+1. The number of unbranched alkanes of at least 4 members (excludes halogenated alkanes) is 2.